The summed E-state index contributed by atoms with van der Waals surface area (Å²) < 4.78 is 38.3. The molecule has 1 aromatic heterocycles. The van der Waals surface area contributed by atoms with Gasteiger partial charge in [0.15, 0.2) is 0 Å². The molecule has 6 nitrogen and oxygen atoms in total. The molecular weight excluding hydrogens is 293 g/mol. The number of carboxylic acids is 1. The maximum atomic E-state index is 12.6. The summed E-state index contributed by atoms with van der Waals surface area (Å²) in [7, 11) is 0. The molecule has 0 spiro atoms. The summed E-state index contributed by atoms with van der Waals surface area (Å²) in [6, 6.07) is 2.34. The third kappa shape index (κ3) is 2.96. The second-order valence-electron chi connectivity index (χ2n) is 4.29. The first-order valence-corrected chi connectivity index (χ1v) is 5.76. The van der Waals surface area contributed by atoms with E-state index >= 15 is 0 Å². The van der Waals surface area contributed by atoms with Crippen molar-refractivity contribution >= 4 is 16.9 Å². The fourth-order valence-electron chi connectivity index (χ4n) is 1.84. The number of alkyl halides is 3. The van der Waals surface area contributed by atoms with Crippen LogP contribution in [-0.4, -0.2) is 20.6 Å². The van der Waals surface area contributed by atoms with Crippen LogP contribution in [0.5, 0.6) is 0 Å². The quantitative estimate of drug-likeness (QED) is 0.890. The first kappa shape index (κ1) is 14.8. The first-order chi connectivity index (χ1) is 9.70. The minimum absolute atomic E-state index is 0.118. The summed E-state index contributed by atoms with van der Waals surface area (Å²) in [5, 5.41) is 8.43. The number of H-pyrrole nitrogens is 1. The van der Waals surface area contributed by atoms with Crippen LogP contribution in [0.3, 0.4) is 0 Å². The van der Waals surface area contributed by atoms with Crippen molar-refractivity contribution in [1.29, 1.82) is 0 Å². The van der Waals surface area contributed by atoms with Crippen molar-refractivity contribution in [3.63, 3.8) is 0 Å². The van der Waals surface area contributed by atoms with Gasteiger partial charge in [-0.25, -0.2) is 4.79 Å². The SMILES string of the molecule is O=C(O)CCn1c(=O)[nH]c2cc(C(F)(F)F)ccc2c1=O. The highest BCUT2D eigenvalue weighted by molar-refractivity contribution is 5.78. The molecule has 0 saturated heterocycles. The van der Waals surface area contributed by atoms with Crippen molar-refractivity contribution in [2.45, 2.75) is 19.1 Å². The number of aliphatic carboxylic acids is 1. The van der Waals surface area contributed by atoms with E-state index in [1.807, 2.05) is 0 Å². The molecule has 0 aliphatic rings. The van der Waals surface area contributed by atoms with Crippen LogP contribution < -0.4 is 11.2 Å². The topological polar surface area (TPSA) is 92.2 Å². The normalized spacial score (nSPS) is 11.8. The first-order valence-electron chi connectivity index (χ1n) is 5.76. The molecule has 2 N–H and O–H groups in total. The molecular formula is C12H9F3N2O4. The van der Waals surface area contributed by atoms with Crippen molar-refractivity contribution in [3.05, 3.63) is 44.6 Å². The van der Waals surface area contributed by atoms with E-state index in [0.717, 1.165) is 12.1 Å². The summed E-state index contributed by atoms with van der Waals surface area (Å²) in [6.07, 6.45) is -5.04. The number of hydrogen-bond acceptors (Lipinski definition) is 3. The number of hydrogen-bond donors (Lipinski definition) is 2. The standard InChI is InChI=1S/C12H9F3N2O4/c13-12(14,15)6-1-2-7-8(5-6)16-11(21)17(10(7)20)4-3-9(18)19/h1-2,5H,3-4H2,(H,16,21)(H,18,19). The molecule has 0 aliphatic heterocycles. The van der Waals surface area contributed by atoms with Crippen molar-refractivity contribution in [3.8, 4) is 0 Å². The Morgan fingerprint density at radius 1 is 1.29 bits per heavy atom. The lowest BCUT2D eigenvalue weighted by Gasteiger charge is -2.09. The Hall–Kier alpha value is -2.58. The molecule has 1 heterocycles. The van der Waals surface area contributed by atoms with E-state index in [2.05, 4.69) is 4.98 Å². The number of fused-ring (bicyclic) bond motifs is 1. The van der Waals surface area contributed by atoms with Gasteiger partial charge in [-0.2, -0.15) is 13.2 Å². The van der Waals surface area contributed by atoms with Crippen LogP contribution in [0.2, 0.25) is 0 Å². The second-order valence-corrected chi connectivity index (χ2v) is 4.29. The maximum absolute atomic E-state index is 12.6. The van der Waals surface area contributed by atoms with E-state index in [0.29, 0.717) is 10.6 Å². The number of rotatable bonds is 3. The van der Waals surface area contributed by atoms with Crippen LogP contribution in [0.25, 0.3) is 10.9 Å². The van der Waals surface area contributed by atoms with Crippen LogP contribution in [0, 0.1) is 0 Å². The molecule has 0 atom stereocenters. The van der Waals surface area contributed by atoms with Gasteiger partial charge in [-0.05, 0) is 18.2 Å². The lowest BCUT2D eigenvalue weighted by atomic mass is 10.1. The third-order valence-electron chi connectivity index (χ3n) is 2.86. The lowest BCUT2D eigenvalue weighted by Crippen LogP contribution is -2.35. The maximum Gasteiger partial charge on any atom is 0.416 e. The highest BCUT2D eigenvalue weighted by atomic mass is 19.4. The highest BCUT2D eigenvalue weighted by Crippen LogP contribution is 2.30. The largest absolute Gasteiger partial charge is 0.481 e. The zero-order chi connectivity index (χ0) is 15.8. The minimum Gasteiger partial charge on any atom is -0.481 e. The summed E-state index contributed by atoms with van der Waals surface area (Å²) in [5.74, 6) is -1.20. The van der Waals surface area contributed by atoms with Gasteiger partial charge in [0.2, 0.25) is 0 Å². The van der Waals surface area contributed by atoms with Crippen LogP contribution in [-0.2, 0) is 17.5 Å². The number of nitrogens with zero attached hydrogens (tertiary/aromatic N) is 1. The highest BCUT2D eigenvalue weighted by Gasteiger charge is 2.30. The van der Waals surface area contributed by atoms with E-state index < -0.39 is 35.4 Å². The van der Waals surface area contributed by atoms with E-state index in [9.17, 15) is 27.6 Å². The lowest BCUT2D eigenvalue weighted by molar-refractivity contribution is -0.138. The van der Waals surface area contributed by atoms with Crippen molar-refractivity contribution < 1.29 is 23.1 Å². The number of benzene rings is 1. The smallest absolute Gasteiger partial charge is 0.416 e. The molecule has 0 unspecified atom stereocenters. The third-order valence-corrected chi connectivity index (χ3v) is 2.86. The average molecular weight is 302 g/mol. The zero-order valence-corrected chi connectivity index (χ0v) is 10.4. The predicted octanol–water partition coefficient (Wildman–Crippen LogP) is 1.18. The minimum atomic E-state index is -4.59. The molecule has 21 heavy (non-hydrogen) atoms. The van der Waals surface area contributed by atoms with Gasteiger partial charge in [-0.15, -0.1) is 0 Å². The van der Waals surface area contributed by atoms with E-state index in [1.165, 1.54) is 0 Å². The monoisotopic (exact) mass is 302 g/mol. The van der Waals surface area contributed by atoms with Gasteiger partial charge in [0, 0.05) is 6.54 Å². The predicted molar refractivity (Wildman–Crippen MR) is 66.1 cm³/mol. The number of nitrogens with one attached hydrogen (secondary N) is 1. The van der Waals surface area contributed by atoms with Gasteiger partial charge in [-0.3, -0.25) is 14.2 Å². The van der Waals surface area contributed by atoms with Gasteiger partial charge in [-0.1, -0.05) is 0 Å². The van der Waals surface area contributed by atoms with Crippen LogP contribution >= 0.6 is 0 Å². The summed E-state index contributed by atoms with van der Waals surface area (Å²) in [6.45, 7) is -0.361. The number of carboxylic acid groups (broad SMARTS) is 1. The molecule has 0 saturated carbocycles. The number of aromatic nitrogens is 2. The summed E-state index contributed by atoms with van der Waals surface area (Å²) >= 11 is 0. The summed E-state index contributed by atoms with van der Waals surface area (Å²) in [4.78, 5) is 36.3. The Labute approximate surface area is 114 Å². The van der Waals surface area contributed by atoms with Crippen molar-refractivity contribution in [2.24, 2.45) is 0 Å². The van der Waals surface area contributed by atoms with Gasteiger partial charge < -0.3 is 10.1 Å². The Bertz CT molecular complexity index is 820. The molecule has 0 fully saturated rings. The van der Waals surface area contributed by atoms with Crippen LogP contribution in [0.1, 0.15) is 12.0 Å². The molecule has 2 rings (SSSR count). The zero-order valence-electron chi connectivity index (χ0n) is 10.4. The fraction of sp³-hybridized carbons (Fsp3) is 0.250. The van der Waals surface area contributed by atoms with E-state index in [-0.39, 0.29) is 17.4 Å². The average Bonchev–Trinajstić information content (AvgIpc) is 2.36. The molecule has 1 aromatic carbocycles. The molecule has 9 heteroatoms. The molecule has 0 aliphatic carbocycles. The van der Waals surface area contributed by atoms with Gasteiger partial charge in [0.05, 0.1) is 22.9 Å². The van der Waals surface area contributed by atoms with Gasteiger partial charge in [0.1, 0.15) is 0 Å². The van der Waals surface area contributed by atoms with Crippen LogP contribution in [0.15, 0.2) is 27.8 Å². The molecule has 0 amide bonds. The number of halogens is 3. The molecule has 0 radical (unpaired) electrons. The van der Waals surface area contributed by atoms with E-state index in [4.69, 9.17) is 5.11 Å². The summed E-state index contributed by atoms with van der Waals surface area (Å²) in [5.41, 5.74) is -3.02. The van der Waals surface area contributed by atoms with E-state index in [1.54, 1.807) is 0 Å². The Balaban J connectivity index is 2.61. The number of aromatic amines is 1. The molecule has 112 valence electrons. The number of carbonyl (C=O) groups is 1. The molecule has 0 bridgehead atoms. The Morgan fingerprint density at radius 3 is 2.52 bits per heavy atom. The van der Waals surface area contributed by atoms with Crippen molar-refractivity contribution in [1.82, 2.24) is 9.55 Å². The van der Waals surface area contributed by atoms with Gasteiger partial charge in [0.25, 0.3) is 5.56 Å². The second kappa shape index (κ2) is 5.08. The van der Waals surface area contributed by atoms with Crippen LogP contribution in [0.4, 0.5) is 13.2 Å². The Kier molecular flexibility index (Phi) is 3.58. The molecule has 2 aromatic rings. The fourth-order valence-corrected chi connectivity index (χ4v) is 1.84. The van der Waals surface area contributed by atoms with Crippen molar-refractivity contribution in [2.75, 3.05) is 0 Å². The van der Waals surface area contributed by atoms with Gasteiger partial charge >= 0.3 is 17.8 Å². The Morgan fingerprint density at radius 2 is 1.95 bits per heavy atom.